The van der Waals surface area contributed by atoms with Crippen LogP contribution in [-0.4, -0.2) is 11.9 Å². The average Bonchev–Trinajstić information content (AvgIpc) is 2.47. The summed E-state index contributed by atoms with van der Waals surface area (Å²) in [4.78, 5) is 23.1. The number of nitrogens with one attached hydrogen (secondary N) is 2. The number of primary amides is 1. The van der Waals surface area contributed by atoms with E-state index in [0.29, 0.717) is 17.2 Å². The monoisotopic (exact) mass is 297 g/mol. The lowest BCUT2D eigenvalue weighted by Crippen LogP contribution is -2.19. The third-order valence-corrected chi connectivity index (χ3v) is 3.25. The summed E-state index contributed by atoms with van der Waals surface area (Å²) in [5, 5.41) is 5.37. The topological polar surface area (TPSA) is 84.2 Å². The Kier molecular flexibility index (Phi) is 4.78. The molecule has 0 aliphatic heterocycles. The van der Waals surface area contributed by atoms with Gasteiger partial charge in [0, 0.05) is 16.9 Å². The van der Waals surface area contributed by atoms with Gasteiger partial charge >= 0.3 is 6.03 Å². The Labute approximate surface area is 129 Å². The lowest BCUT2D eigenvalue weighted by molar-refractivity contribution is 0.102. The summed E-state index contributed by atoms with van der Waals surface area (Å²) in [6, 6.07) is 13.6. The van der Waals surface area contributed by atoms with Gasteiger partial charge in [0.05, 0.1) is 0 Å². The molecule has 0 spiro atoms. The second kappa shape index (κ2) is 6.76. The summed E-state index contributed by atoms with van der Waals surface area (Å²) in [6.07, 6.45) is 0. The number of urea groups is 1. The van der Waals surface area contributed by atoms with E-state index in [2.05, 4.69) is 24.5 Å². The minimum atomic E-state index is -0.636. The van der Waals surface area contributed by atoms with E-state index in [9.17, 15) is 9.59 Å². The van der Waals surface area contributed by atoms with E-state index in [1.807, 2.05) is 24.3 Å². The Morgan fingerprint density at radius 3 is 2.18 bits per heavy atom. The summed E-state index contributed by atoms with van der Waals surface area (Å²) < 4.78 is 0. The minimum absolute atomic E-state index is 0.196. The third-order valence-electron chi connectivity index (χ3n) is 3.25. The SMILES string of the molecule is CC(C)c1ccccc1NC(=O)c1ccc(NC(N)=O)cc1. The van der Waals surface area contributed by atoms with Crippen molar-refractivity contribution in [3.8, 4) is 0 Å². The van der Waals surface area contributed by atoms with Crippen LogP contribution in [0.2, 0.25) is 0 Å². The van der Waals surface area contributed by atoms with Crippen LogP contribution in [0.4, 0.5) is 16.2 Å². The van der Waals surface area contributed by atoms with Crippen LogP contribution in [0.3, 0.4) is 0 Å². The van der Waals surface area contributed by atoms with Gasteiger partial charge in [-0.15, -0.1) is 0 Å². The zero-order valence-electron chi connectivity index (χ0n) is 12.6. The molecular weight excluding hydrogens is 278 g/mol. The van der Waals surface area contributed by atoms with Gasteiger partial charge < -0.3 is 16.4 Å². The van der Waals surface area contributed by atoms with Crippen LogP contribution in [0.5, 0.6) is 0 Å². The Hall–Kier alpha value is -2.82. The molecule has 3 amide bonds. The summed E-state index contributed by atoms with van der Waals surface area (Å²) in [7, 11) is 0. The first-order chi connectivity index (χ1) is 10.5. The van der Waals surface area contributed by atoms with Gasteiger partial charge in [0.15, 0.2) is 0 Å². The van der Waals surface area contributed by atoms with Crippen molar-refractivity contribution in [2.75, 3.05) is 10.6 Å². The third kappa shape index (κ3) is 3.85. The number of para-hydroxylation sites is 1. The summed E-state index contributed by atoms with van der Waals surface area (Å²) >= 11 is 0. The first-order valence-corrected chi connectivity index (χ1v) is 7.04. The van der Waals surface area contributed by atoms with E-state index < -0.39 is 6.03 Å². The molecule has 0 radical (unpaired) electrons. The molecule has 0 saturated heterocycles. The molecule has 22 heavy (non-hydrogen) atoms. The molecule has 5 nitrogen and oxygen atoms in total. The van der Waals surface area contributed by atoms with Crippen LogP contribution in [0.15, 0.2) is 48.5 Å². The van der Waals surface area contributed by atoms with Crippen LogP contribution in [0.25, 0.3) is 0 Å². The van der Waals surface area contributed by atoms with Crippen molar-refractivity contribution in [1.82, 2.24) is 0 Å². The normalized spacial score (nSPS) is 10.3. The standard InChI is InChI=1S/C17H19N3O2/c1-11(2)14-5-3-4-6-15(14)20-16(21)12-7-9-13(10-8-12)19-17(18)22/h3-11H,1-2H3,(H,20,21)(H3,18,19,22). The van der Waals surface area contributed by atoms with Crippen LogP contribution in [-0.2, 0) is 0 Å². The fourth-order valence-corrected chi connectivity index (χ4v) is 2.16. The smallest absolute Gasteiger partial charge is 0.316 e. The quantitative estimate of drug-likeness (QED) is 0.806. The molecular formula is C17H19N3O2. The summed E-state index contributed by atoms with van der Waals surface area (Å²) in [6.45, 7) is 4.16. The van der Waals surface area contributed by atoms with Crippen LogP contribution in [0.1, 0.15) is 35.7 Å². The largest absolute Gasteiger partial charge is 0.351 e. The maximum Gasteiger partial charge on any atom is 0.316 e. The van der Waals surface area contributed by atoms with Gasteiger partial charge in [-0.1, -0.05) is 32.0 Å². The Balaban J connectivity index is 2.14. The van der Waals surface area contributed by atoms with Gasteiger partial charge in [-0.25, -0.2) is 4.79 Å². The predicted molar refractivity (Wildman–Crippen MR) is 88.1 cm³/mol. The maximum atomic E-state index is 12.3. The molecule has 5 heteroatoms. The zero-order chi connectivity index (χ0) is 16.1. The van der Waals surface area contributed by atoms with Crippen LogP contribution < -0.4 is 16.4 Å². The molecule has 0 aliphatic rings. The Morgan fingerprint density at radius 1 is 0.955 bits per heavy atom. The summed E-state index contributed by atoms with van der Waals surface area (Å²) in [5.74, 6) is 0.123. The minimum Gasteiger partial charge on any atom is -0.351 e. The number of hydrogen-bond donors (Lipinski definition) is 3. The molecule has 0 atom stereocenters. The maximum absolute atomic E-state index is 12.3. The second-order valence-electron chi connectivity index (χ2n) is 5.26. The average molecular weight is 297 g/mol. The first kappa shape index (κ1) is 15.6. The molecule has 0 aliphatic carbocycles. The highest BCUT2D eigenvalue weighted by atomic mass is 16.2. The molecule has 4 N–H and O–H groups in total. The highest BCUT2D eigenvalue weighted by Gasteiger charge is 2.10. The fraction of sp³-hybridized carbons (Fsp3) is 0.176. The number of carbonyl (C=O) groups excluding carboxylic acids is 2. The molecule has 0 saturated carbocycles. The molecule has 0 fully saturated rings. The van der Waals surface area contributed by atoms with E-state index in [1.54, 1.807) is 24.3 Å². The van der Waals surface area contributed by atoms with E-state index in [4.69, 9.17) is 5.73 Å². The highest BCUT2D eigenvalue weighted by Crippen LogP contribution is 2.24. The van der Waals surface area contributed by atoms with Gasteiger partial charge in [-0.3, -0.25) is 4.79 Å². The van der Waals surface area contributed by atoms with Gasteiger partial charge in [0.2, 0.25) is 0 Å². The van der Waals surface area contributed by atoms with Crippen molar-refractivity contribution in [3.63, 3.8) is 0 Å². The van der Waals surface area contributed by atoms with Crippen molar-refractivity contribution >= 4 is 23.3 Å². The molecule has 0 heterocycles. The van der Waals surface area contributed by atoms with E-state index >= 15 is 0 Å². The highest BCUT2D eigenvalue weighted by molar-refractivity contribution is 6.05. The van der Waals surface area contributed by atoms with Crippen molar-refractivity contribution in [2.24, 2.45) is 5.73 Å². The first-order valence-electron chi connectivity index (χ1n) is 7.04. The molecule has 0 aromatic heterocycles. The van der Waals surface area contributed by atoms with Gasteiger partial charge in [0.1, 0.15) is 0 Å². The Bertz CT molecular complexity index is 679. The molecule has 2 rings (SSSR count). The number of rotatable bonds is 4. The Morgan fingerprint density at radius 2 is 1.59 bits per heavy atom. The molecule has 114 valence electrons. The number of anilines is 2. The second-order valence-corrected chi connectivity index (χ2v) is 5.26. The predicted octanol–water partition coefficient (Wildman–Crippen LogP) is 3.55. The van der Waals surface area contributed by atoms with Crippen molar-refractivity contribution in [1.29, 1.82) is 0 Å². The molecule has 0 unspecified atom stereocenters. The van der Waals surface area contributed by atoms with Gasteiger partial charge in [0.25, 0.3) is 5.91 Å². The number of nitrogens with two attached hydrogens (primary N) is 1. The van der Waals surface area contributed by atoms with Gasteiger partial charge in [-0.2, -0.15) is 0 Å². The number of carbonyl (C=O) groups is 2. The zero-order valence-corrected chi connectivity index (χ0v) is 12.6. The van der Waals surface area contributed by atoms with Crippen molar-refractivity contribution in [3.05, 3.63) is 59.7 Å². The van der Waals surface area contributed by atoms with E-state index in [0.717, 1.165) is 11.3 Å². The number of benzene rings is 2. The molecule has 2 aromatic rings. The van der Waals surface area contributed by atoms with E-state index in [1.165, 1.54) is 0 Å². The van der Waals surface area contributed by atoms with Gasteiger partial charge in [-0.05, 0) is 41.8 Å². The lowest BCUT2D eigenvalue weighted by Gasteiger charge is -2.13. The van der Waals surface area contributed by atoms with Crippen molar-refractivity contribution in [2.45, 2.75) is 19.8 Å². The van der Waals surface area contributed by atoms with Crippen LogP contribution >= 0.6 is 0 Å². The van der Waals surface area contributed by atoms with Crippen LogP contribution in [0, 0.1) is 0 Å². The van der Waals surface area contributed by atoms with Crippen molar-refractivity contribution < 1.29 is 9.59 Å². The molecule has 2 aromatic carbocycles. The summed E-state index contributed by atoms with van der Waals surface area (Å²) in [5.41, 5.74) is 7.99. The number of amides is 3. The van der Waals surface area contributed by atoms with E-state index in [-0.39, 0.29) is 5.91 Å². The number of hydrogen-bond acceptors (Lipinski definition) is 2. The molecule has 0 bridgehead atoms. The fourth-order valence-electron chi connectivity index (χ4n) is 2.16. The lowest BCUT2D eigenvalue weighted by atomic mass is 10.0.